The Bertz CT molecular complexity index is 915. The van der Waals surface area contributed by atoms with Crippen molar-refractivity contribution in [3.63, 3.8) is 0 Å². The minimum absolute atomic E-state index is 0.226. The van der Waals surface area contributed by atoms with Gasteiger partial charge in [0.1, 0.15) is 0 Å². The Morgan fingerprint density at radius 1 is 1.25 bits per heavy atom. The quantitative estimate of drug-likeness (QED) is 0.683. The molecular weight excluding hydrogens is 367 g/mol. The van der Waals surface area contributed by atoms with Crippen LogP contribution in [0.3, 0.4) is 0 Å². The maximum absolute atomic E-state index is 12.5. The fraction of sp³-hybridized carbons (Fsp3) is 0.0625. The third-order valence-electron chi connectivity index (χ3n) is 3.70. The number of amides is 1. The van der Waals surface area contributed by atoms with Gasteiger partial charge in [0, 0.05) is 45.7 Å². The molecule has 0 saturated heterocycles. The molecular formula is C16H10Cl2N4OS. The first-order valence-corrected chi connectivity index (χ1v) is 8.64. The van der Waals surface area contributed by atoms with Crippen LogP contribution in [0.2, 0.25) is 5.02 Å². The van der Waals surface area contributed by atoms with Crippen LogP contribution in [0.1, 0.15) is 11.6 Å². The first-order valence-electron chi connectivity index (χ1n) is 7.05. The van der Waals surface area contributed by atoms with Crippen molar-refractivity contribution in [1.82, 2.24) is 9.97 Å². The number of hydrogen-bond donors (Lipinski definition) is 1. The zero-order chi connectivity index (χ0) is 16.7. The monoisotopic (exact) mass is 376 g/mol. The van der Waals surface area contributed by atoms with E-state index in [0.717, 1.165) is 22.5 Å². The normalized spacial score (nSPS) is 15.6. The highest BCUT2D eigenvalue weighted by molar-refractivity contribution is 7.14. The molecule has 0 saturated carbocycles. The molecule has 120 valence electrons. The van der Waals surface area contributed by atoms with E-state index in [-0.39, 0.29) is 5.91 Å². The number of nitrogens with zero attached hydrogens (tertiary/aromatic N) is 3. The summed E-state index contributed by atoms with van der Waals surface area (Å²) in [5, 5.41) is 5.81. The second-order valence-corrected chi connectivity index (χ2v) is 6.84. The fourth-order valence-electron chi connectivity index (χ4n) is 2.53. The molecule has 3 aromatic rings. The van der Waals surface area contributed by atoms with E-state index in [0.29, 0.717) is 10.2 Å². The number of thiazole rings is 1. The molecule has 0 bridgehead atoms. The largest absolute Gasteiger partial charge is 0.300 e. The molecule has 0 aliphatic carbocycles. The van der Waals surface area contributed by atoms with Crippen LogP contribution in [0.5, 0.6) is 0 Å². The predicted molar refractivity (Wildman–Crippen MR) is 96.5 cm³/mol. The molecule has 4 rings (SSSR count). The van der Waals surface area contributed by atoms with Crippen LogP contribution in [-0.4, -0.2) is 15.9 Å². The van der Waals surface area contributed by atoms with E-state index in [1.807, 2.05) is 23.6 Å². The smallest absolute Gasteiger partial charge is 0.255 e. The second-order valence-electron chi connectivity index (χ2n) is 5.18. The molecule has 3 heterocycles. The molecule has 1 aromatic carbocycles. The lowest BCUT2D eigenvalue weighted by atomic mass is 9.96. The van der Waals surface area contributed by atoms with Crippen LogP contribution in [0.4, 0.5) is 10.8 Å². The van der Waals surface area contributed by atoms with Crippen molar-refractivity contribution < 1.29 is 4.79 Å². The standard InChI is InChI=1S/C16H10Cl2N4OS/c17-10-1-2-11-13(7-10)22(18)14(11)15(23)21-16-20-12(8-24-16)9-3-5-19-6-4-9/h1-8,14H,(H,20,21,23). The summed E-state index contributed by atoms with van der Waals surface area (Å²) in [5.74, 6) is -0.226. The molecule has 8 heteroatoms. The van der Waals surface area contributed by atoms with Crippen molar-refractivity contribution in [3.8, 4) is 11.3 Å². The number of benzene rings is 1. The van der Waals surface area contributed by atoms with Crippen LogP contribution in [0.25, 0.3) is 11.3 Å². The fourth-order valence-corrected chi connectivity index (χ4v) is 3.76. The van der Waals surface area contributed by atoms with Crippen LogP contribution in [-0.2, 0) is 4.79 Å². The lowest BCUT2D eigenvalue weighted by Crippen LogP contribution is -2.39. The first-order chi connectivity index (χ1) is 11.6. The highest BCUT2D eigenvalue weighted by Gasteiger charge is 2.39. The number of aromatic nitrogens is 2. The van der Waals surface area contributed by atoms with Crippen molar-refractivity contribution in [3.05, 3.63) is 58.7 Å². The second kappa shape index (κ2) is 6.05. The summed E-state index contributed by atoms with van der Waals surface area (Å²) in [4.78, 5) is 20.9. The van der Waals surface area contributed by atoms with Gasteiger partial charge in [-0.1, -0.05) is 17.7 Å². The number of pyridine rings is 1. The summed E-state index contributed by atoms with van der Waals surface area (Å²) in [6.45, 7) is 0. The van der Waals surface area contributed by atoms with Gasteiger partial charge in [0.2, 0.25) is 0 Å². The maximum Gasteiger partial charge on any atom is 0.255 e. The molecule has 1 aliphatic rings. The molecule has 1 aliphatic heterocycles. The Morgan fingerprint density at radius 2 is 2.04 bits per heavy atom. The van der Waals surface area contributed by atoms with E-state index in [1.165, 1.54) is 15.8 Å². The number of carbonyl (C=O) groups is 1. The molecule has 1 N–H and O–H groups in total. The van der Waals surface area contributed by atoms with Gasteiger partial charge >= 0.3 is 0 Å². The topological polar surface area (TPSA) is 58.1 Å². The molecule has 0 spiro atoms. The lowest BCUT2D eigenvalue weighted by molar-refractivity contribution is -0.117. The summed E-state index contributed by atoms with van der Waals surface area (Å²) in [7, 11) is 0. The van der Waals surface area contributed by atoms with Crippen LogP contribution in [0, 0.1) is 0 Å². The Hall–Kier alpha value is -2.15. The van der Waals surface area contributed by atoms with Gasteiger partial charge in [0.15, 0.2) is 11.2 Å². The van der Waals surface area contributed by atoms with Gasteiger partial charge in [-0.2, -0.15) is 0 Å². The maximum atomic E-state index is 12.5. The first kappa shape index (κ1) is 15.4. The van der Waals surface area contributed by atoms with Crippen molar-refractivity contribution in [2.45, 2.75) is 6.04 Å². The van der Waals surface area contributed by atoms with Crippen LogP contribution < -0.4 is 9.74 Å². The number of carbonyl (C=O) groups excluding carboxylic acids is 1. The Labute approximate surface area is 152 Å². The van der Waals surface area contributed by atoms with Crippen LogP contribution in [0.15, 0.2) is 48.1 Å². The molecule has 0 fully saturated rings. The van der Waals surface area contributed by atoms with Gasteiger partial charge in [-0.25, -0.2) is 4.98 Å². The van der Waals surface area contributed by atoms with Gasteiger partial charge in [-0.3, -0.25) is 19.5 Å². The van der Waals surface area contributed by atoms with E-state index in [9.17, 15) is 4.79 Å². The molecule has 0 radical (unpaired) electrons. The Morgan fingerprint density at radius 3 is 2.83 bits per heavy atom. The average Bonchev–Trinajstić information content (AvgIpc) is 3.05. The van der Waals surface area contributed by atoms with E-state index in [1.54, 1.807) is 24.5 Å². The number of rotatable bonds is 3. The van der Waals surface area contributed by atoms with Gasteiger partial charge in [-0.15, -0.1) is 11.3 Å². The van der Waals surface area contributed by atoms with E-state index < -0.39 is 6.04 Å². The Balaban J connectivity index is 1.51. The number of halogens is 2. The van der Waals surface area contributed by atoms with Crippen molar-refractivity contribution in [1.29, 1.82) is 0 Å². The average molecular weight is 377 g/mol. The molecule has 1 atom stereocenters. The summed E-state index contributed by atoms with van der Waals surface area (Å²) >= 11 is 13.5. The van der Waals surface area contributed by atoms with Crippen molar-refractivity contribution >= 4 is 51.4 Å². The summed E-state index contributed by atoms with van der Waals surface area (Å²) < 4.78 is 1.38. The summed E-state index contributed by atoms with van der Waals surface area (Å²) in [6.07, 6.45) is 3.41. The van der Waals surface area contributed by atoms with Crippen LogP contribution >= 0.6 is 34.7 Å². The highest BCUT2D eigenvalue weighted by atomic mass is 35.5. The van der Waals surface area contributed by atoms with Crippen molar-refractivity contribution in [2.24, 2.45) is 0 Å². The SMILES string of the molecule is O=C(Nc1nc(-c2ccncc2)cs1)C1c2ccc(Cl)cc2N1Cl. The number of nitrogens with one attached hydrogen (secondary N) is 1. The summed E-state index contributed by atoms with van der Waals surface area (Å²) in [5.41, 5.74) is 3.34. The zero-order valence-electron chi connectivity index (χ0n) is 12.1. The van der Waals surface area contributed by atoms with Gasteiger partial charge in [0.05, 0.1) is 11.4 Å². The van der Waals surface area contributed by atoms with Gasteiger partial charge in [-0.05, 0) is 24.3 Å². The highest BCUT2D eigenvalue weighted by Crippen LogP contribution is 2.46. The van der Waals surface area contributed by atoms with Crippen molar-refractivity contribution in [2.75, 3.05) is 9.74 Å². The molecule has 5 nitrogen and oxygen atoms in total. The van der Waals surface area contributed by atoms with E-state index in [2.05, 4.69) is 15.3 Å². The molecule has 24 heavy (non-hydrogen) atoms. The molecule has 1 amide bonds. The third-order valence-corrected chi connectivity index (χ3v) is 5.07. The zero-order valence-corrected chi connectivity index (χ0v) is 14.4. The van der Waals surface area contributed by atoms with E-state index >= 15 is 0 Å². The Kier molecular flexibility index (Phi) is 3.88. The van der Waals surface area contributed by atoms with E-state index in [4.69, 9.17) is 23.4 Å². The lowest BCUT2D eigenvalue weighted by Gasteiger charge is -2.37. The van der Waals surface area contributed by atoms with Gasteiger partial charge in [0.25, 0.3) is 5.91 Å². The molecule has 1 unspecified atom stereocenters. The minimum atomic E-state index is -0.549. The summed E-state index contributed by atoms with van der Waals surface area (Å²) in [6, 6.07) is 8.48. The minimum Gasteiger partial charge on any atom is -0.300 e. The van der Waals surface area contributed by atoms with Gasteiger partial charge < -0.3 is 0 Å². The number of anilines is 2. The number of fused-ring (bicyclic) bond motifs is 1. The molecule has 2 aromatic heterocycles. The predicted octanol–water partition coefficient (Wildman–Crippen LogP) is 4.51. The number of hydrogen-bond acceptors (Lipinski definition) is 5. The third kappa shape index (κ3) is 2.62.